The van der Waals surface area contributed by atoms with Crippen molar-refractivity contribution in [2.45, 2.75) is 37.3 Å². The van der Waals surface area contributed by atoms with Crippen molar-refractivity contribution >= 4 is 21.4 Å². The Kier molecular flexibility index (Phi) is 4.97. The first-order valence-electron chi connectivity index (χ1n) is 6.45. The lowest BCUT2D eigenvalue weighted by Gasteiger charge is -2.21. The highest BCUT2D eigenvalue weighted by atomic mass is 32.2. The van der Waals surface area contributed by atoms with E-state index >= 15 is 0 Å². The van der Waals surface area contributed by atoms with Crippen molar-refractivity contribution in [3.8, 4) is 0 Å². The SMILES string of the molecule is CC(CN1CCCC1)NS(=O)(=O)c1ccsc1CO. The molecular formula is C12H20N2O3S2. The molecule has 0 bridgehead atoms. The Morgan fingerprint density at radius 1 is 1.47 bits per heavy atom. The van der Waals surface area contributed by atoms with Crippen LogP contribution in [0.25, 0.3) is 0 Å². The summed E-state index contributed by atoms with van der Waals surface area (Å²) in [5.41, 5.74) is 0. The third kappa shape index (κ3) is 3.76. The fourth-order valence-electron chi connectivity index (χ4n) is 2.40. The second-order valence-corrected chi connectivity index (χ2v) is 7.58. The Morgan fingerprint density at radius 2 is 2.16 bits per heavy atom. The summed E-state index contributed by atoms with van der Waals surface area (Å²) in [6.45, 7) is 4.46. The lowest BCUT2D eigenvalue weighted by molar-refractivity contribution is 0.282. The molecule has 1 saturated heterocycles. The van der Waals surface area contributed by atoms with Gasteiger partial charge in [-0.3, -0.25) is 0 Å². The zero-order chi connectivity index (χ0) is 13.9. The van der Waals surface area contributed by atoms with Crippen LogP contribution in [-0.2, 0) is 16.6 Å². The average molecular weight is 304 g/mol. The van der Waals surface area contributed by atoms with Crippen molar-refractivity contribution in [3.63, 3.8) is 0 Å². The minimum absolute atomic E-state index is 0.130. The van der Waals surface area contributed by atoms with Gasteiger partial charge in [0.05, 0.1) is 11.5 Å². The molecule has 2 rings (SSSR count). The first kappa shape index (κ1) is 14.9. The van der Waals surface area contributed by atoms with Crippen LogP contribution in [0.2, 0.25) is 0 Å². The summed E-state index contributed by atoms with van der Waals surface area (Å²) in [5, 5.41) is 10.8. The van der Waals surface area contributed by atoms with Crippen molar-refractivity contribution < 1.29 is 13.5 Å². The number of aliphatic hydroxyl groups is 1. The number of likely N-dealkylation sites (tertiary alicyclic amines) is 1. The molecule has 1 unspecified atom stereocenters. The molecule has 1 atom stereocenters. The van der Waals surface area contributed by atoms with Crippen LogP contribution in [0.1, 0.15) is 24.6 Å². The van der Waals surface area contributed by atoms with Gasteiger partial charge in [0, 0.05) is 17.5 Å². The number of nitrogens with one attached hydrogen (secondary N) is 1. The summed E-state index contributed by atoms with van der Waals surface area (Å²) < 4.78 is 27.1. The van der Waals surface area contributed by atoms with E-state index in [9.17, 15) is 8.42 Å². The second-order valence-electron chi connectivity index (χ2n) is 4.90. The normalized spacial score (nSPS) is 18.8. The van der Waals surface area contributed by atoms with Gasteiger partial charge in [-0.25, -0.2) is 13.1 Å². The smallest absolute Gasteiger partial charge is 0.242 e. The van der Waals surface area contributed by atoms with Crippen LogP contribution < -0.4 is 4.72 Å². The van der Waals surface area contributed by atoms with Gasteiger partial charge in [-0.2, -0.15) is 0 Å². The zero-order valence-corrected chi connectivity index (χ0v) is 12.6. The van der Waals surface area contributed by atoms with Gasteiger partial charge in [-0.05, 0) is 44.3 Å². The number of aliphatic hydroxyl groups excluding tert-OH is 1. The van der Waals surface area contributed by atoms with Gasteiger partial charge in [-0.1, -0.05) is 0 Å². The molecule has 1 aromatic heterocycles. The summed E-state index contributed by atoms with van der Waals surface area (Å²) in [7, 11) is -3.53. The molecule has 7 heteroatoms. The van der Waals surface area contributed by atoms with Gasteiger partial charge in [0.1, 0.15) is 0 Å². The summed E-state index contributed by atoms with van der Waals surface area (Å²) in [6.07, 6.45) is 2.39. The van der Waals surface area contributed by atoms with Gasteiger partial charge in [0.2, 0.25) is 10.0 Å². The Balaban J connectivity index is 2.00. The first-order chi connectivity index (χ1) is 9.03. The van der Waals surface area contributed by atoms with E-state index in [0.717, 1.165) is 19.6 Å². The largest absolute Gasteiger partial charge is 0.391 e. The molecule has 1 aliphatic heterocycles. The molecule has 19 heavy (non-hydrogen) atoms. The Morgan fingerprint density at radius 3 is 2.79 bits per heavy atom. The highest BCUT2D eigenvalue weighted by molar-refractivity contribution is 7.89. The molecule has 2 heterocycles. The summed E-state index contributed by atoms with van der Waals surface area (Å²) in [6, 6.07) is 1.41. The Bertz CT molecular complexity index is 507. The Hall–Kier alpha value is -0.470. The molecule has 0 amide bonds. The predicted molar refractivity (Wildman–Crippen MR) is 75.7 cm³/mol. The molecule has 0 saturated carbocycles. The van der Waals surface area contributed by atoms with Crippen LogP contribution in [0.5, 0.6) is 0 Å². The summed E-state index contributed by atoms with van der Waals surface area (Å²) in [4.78, 5) is 2.96. The maximum absolute atomic E-state index is 12.2. The van der Waals surface area contributed by atoms with Gasteiger partial charge >= 0.3 is 0 Å². The number of nitrogens with zero attached hydrogens (tertiary/aromatic N) is 1. The standard InChI is InChI=1S/C12H20N2O3S2/c1-10(8-14-5-2-3-6-14)13-19(16,17)12-4-7-18-11(12)9-15/h4,7,10,13,15H,2-3,5-6,8-9H2,1H3. The lowest BCUT2D eigenvalue weighted by atomic mass is 10.3. The molecule has 0 spiro atoms. The van der Waals surface area contributed by atoms with E-state index in [1.54, 1.807) is 11.4 Å². The van der Waals surface area contributed by atoms with E-state index in [1.165, 1.54) is 24.2 Å². The minimum atomic E-state index is -3.53. The second kappa shape index (κ2) is 6.32. The quantitative estimate of drug-likeness (QED) is 0.823. The molecule has 0 radical (unpaired) electrons. The molecule has 1 fully saturated rings. The van der Waals surface area contributed by atoms with Crippen molar-refractivity contribution in [1.29, 1.82) is 0 Å². The van der Waals surface area contributed by atoms with Crippen LogP contribution in [0.3, 0.4) is 0 Å². The monoisotopic (exact) mass is 304 g/mol. The van der Waals surface area contributed by atoms with E-state index in [4.69, 9.17) is 5.11 Å². The topological polar surface area (TPSA) is 69.6 Å². The van der Waals surface area contributed by atoms with E-state index in [-0.39, 0.29) is 17.5 Å². The highest BCUT2D eigenvalue weighted by Gasteiger charge is 2.23. The molecule has 1 aromatic rings. The highest BCUT2D eigenvalue weighted by Crippen LogP contribution is 2.22. The van der Waals surface area contributed by atoms with Crippen molar-refractivity contribution in [3.05, 3.63) is 16.3 Å². The van der Waals surface area contributed by atoms with E-state index < -0.39 is 10.0 Å². The van der Waals surface area contributed by atoms with Crippen LogP contribution in [-0.4, -0.2) is 44.1 Å². The van der Waals surface area contributed by atoms with Crippen molar-refractivity contribution in [2.24, 2.45) is 0 Å². The molecule has 0 aromatic carbocycles. The third-order valence-electron chi connectivity index (χ3n) is 3.22. The van der Waals surface area contributed by atoms with E-state index in [1.807, 2.05) is 6.92 Å². The Labute approximate surface area is 118 Å². The third-order valence-corrected chi connectivity index (χ3v) is 5.93. The van der Waals surface area contributed by atoms with E-state index in [0.29, 0.717) is 4.88 Å². The zero-order valence-electron chi connectivity index (χ0n) is 11.0. The summed E-state index contributed by atoms with van der Waals surface area (Å²) in [5.74, 6) is 0. The minimum Gasteiger partial charge on any atom is -0.391 e. The molecule has 2 N–H and O–H groups in total. The summed E-state index contributed by atoms with van der Waals surface area (Å²) >= 11 is 1.26. The molecular weight excluding hydrogens is 284 g/mol. The van der Waals surface area contributed by atoms with Crippen LogP contribution in [0, 0.1) is 0 Å². The molecule has 0 aliphatic carbocycles. The molecule has 1 aliphatic rings. The fraction of sp³-hybridized carbons (Fsp3) is 0.667. The van der Waals surface area contributed by atoms with Gasteiger partial charge in [0.25, 0.3) is 0 Å². The lowest BCUT2D eigenvalue weighted by Crippen LogP contribution is -2.41. The van der Waals surface area contributed by atoms with Gasteiger partial charge < -0.3 is 10.0 Å². The first-order valence-corrected chi connectivity index (χ1v) is 8.81. The average Bonchev–Trinajstić information content (AvgIpc) is 2.97. The number of rotatable bonds is 6. The van der Waals surface area contributed by atoms with Crippen molar-refractivity contribution in [1.82, 2.24) is 9.62 Å². The predicted octanol–water partition coefficient (Wildman–Crippen LogP) is 1.00. The maximum atomic E-state index is 12.2. The number of hydrogen-bond donors (Lipinski definition) is 2. The fourth-order valence-corrected chi connectivity index (χ4v) is 4.93. The van der Waals surface area contributed by atoms with E-state index in [2.05, 4.69) is 9.62 Å². The maximum Gasteiger partial charge on any atom is 0.242 e. The van der Waals surface area contributed by atoms with Gasteiger partial charge in [-0.15, -0.1) is 11.3 Å². The number of hydrogen-bond acceptors (Lipinski definition) is 5. The van der Waals surface area contributed by atoms with Crippen molar-refractivity contribution in [2.75, 3.05) is 19.6 Å². The number of thiophene rings is 1. The van der Waals surface area contributed by atoms with Crippen LogP contribution in [0.15, 0.2) is 16.3 Å². The number of sulfonamides is 1. The molecule has 108 valence electrons. The van der Waals surface area contributed by atoms with Crippen LogP contribution >= 0.6 is 11.3 Å². The molecule has 5 nitrogen and oxygen atoms in total. The van der Waals surface area contributed by atoms with Gasteiger partial charge in [0.15, 0.2) is 0 Å². The van der Waals surface area contributed by atoms with Crippen LogP contribution in [0.4, 0.5) is 0 Å².